The summed E-state index contributed by atoms with van der Waals surface area (Å²) in [5, 5.41) is 0. The van der Waals surface area contributed by atoms with Gasteiger partial charge in [0.2, 0.25) is 0 Å². The molecule has 0 N–H and O–H groups in total. The number of benzene rings is 2. The lowest BCUT2D eigenvalue weighted by Gasteiger charge is -2.21. The fourth-order valence-corrected chi connectivity index (χ4v) is 4.17. The predicted octanol–water partition coefficient (Wildman–Crippen LogP) is 6.18. The van der Waals surface area contributed by atoms with Crippen molar-refractivity contribution in [3.63, 3.8) is 0 Å². The van der Waals surface area contributed by atoms with Gasteiger partial charge in [-0.1, -0.05) is 36.4 Å². The van der Waals surface area contributed by atoms with E-state index >= 15 is 0 Å². The first-order valence-corrected chi connectivity index (χ1v) is 10.3. The zero-order valence-corrected chi connectivity index (χ0v) is 16.2. The fraction of sp³-hybridized carbons (Fsp3) is 0.360. The number of carbonyl (C=O) groups is 1. The van der Waals surface area contributed by atoms with Gasteiger partial charge in [0.1, 0.15) is 5.82 Å². The van der Waals surface area contributed by atoms with Crippen LogP contribution in [-0.4, -0.2) is 17.5 Å². The number of ketones is 1. The molecule has 1 aliphatic heterocycles. The van der Waals surface area contributed by atoms with Crippen LogP contribution in [0.25, 0.3) is 6.08 Å². The molecule has 2 nitrogen and oxygen atoms in total. The number of aryl methyl sites for hydroxylation is 1. The molecule has 2 aromatic carbocycles. The van der Waals surface area contributed by atoms with Gasteiger partial charge in [0.15, 0.2) is 5.78 Å². The molecule has 2 aliphatic rings. The molecule has 28 heavy (non-hydrogen) atoms. The summed E-state index contributed by atoms with van der Waals surface area (Å²) >= 11 is 0. The first-order valence-electron chi connectivity index (χ1n) is 10.3. The van der Waals surface area contributed by atoms with Gasteiger partial charge >= 0.3 is 0 Å². The number of hydrogen-bond donors (Lipinski definition) is 0. The number of hydrogen-bond acceptors (Lipinski definition) is 2. The van der Waals surface area contributed by atoms with E-state index in [4.69, 9.17) is 4.99 Å². The summed E-state index contributed by atoms with van der Waals surface area (Å²) < 4.78 is 13.3. The summed E-state index contributed by atoms with van der Waals surface area (Å²) in [6.07, 6.45) is 12.2. The second-order valence-corrected chi connectivity index (χ2v) is 7.80. The van der Waals surface area contributed by atoms with Crippen LogP contribution in [0.5, 0.6) is 0 Å². The Morgan fingerprint density at radius 2 is 2.04 bits per heavy atom. The minimum absolute atomic E-state index is 0.00126. The molecule has 4 rings (SSSR count). The minimum atomic E-state index is -0.359. The van der Waals surface area contributed by atoms with Crippen molar-refractivity contribution in [3.05, 3.63) is 76.6 Å². The van der Waals surface area contributed by atoms with E-state index in [1.165, 1.54) is 41.0 Å². The van der Waals surface area contributed by atoms with E-state index in [1.807, 2.05) is 0 Å². The number of halogens is 1. The van der Waals surface area contributed by atoms with Crippen molar-refractivity contribution in [1.82, 2.24) is 0 Å². The molecular formula is C25H26FNO. The van der Waals surface area contributed by atoms with Crippen LogP contribution in [0, 0.1) is 5.82 Å². The molecule has 0 saturated carbocycles. The highest BCUT2D eigenvalue weighted by molar-refractivity contribution is 6.01. The number of rotatable bonds is 5. The minimum Gasteiger partial charge on any atom is -0.294 e. The number of carbonyl (C=O) groups excluding carboxylic acids is 1. The van der Waals surface area contributed by atoms with E-state index < -0.39 is 0 Å². The molecule has 1 aliphatic carbocycles. The zero-order chi connectivity index (χ0) is 19.3. The summed E-state index contributed by atoms with van der Waals surface area (Å²) in [4.78, 5) is 17.3. The van der Waals surface area contributed by atoms with Crippen LogP contribution in [0.3, 0.4) is 0 Å². The van der Waals surface area contributed by atoms with E-state index in [9.17, 15) is 9.18 Å². The van der Waals surface area contributed by atoms with Crippen LogP contribution in [0.15, 0.2) is 53.5 Å². The average molecular weight is 375 g/mol. The maximum Gasteiger partial charge on any atom is 0.163 e. The molecule has 0 bridgehead atoms. The third kappa shape index (κ3) is 4.46. The van der Waals surface area contributed by atoms with E-state index in [0.29, 0.717) is 12.0 Å². The molecule has 0 fully saturated rings. The zero-order valence-electron chi connectivity index (χ0n) is 16.2. The third-order valence-electron chi connectivity index (χ3n) is 5.73. The molecule has 1 atom stereocenters. The van der Waals surface area contributed by atoms with E-state index in [0.717, 1.165) is 38.5 Å². The van der Waals surface area contributed by atoms with Gasteiger partial charge in [0.05, 0.1) is 6.04 Å². The molecule has 144 valence electrons. The SMILES string of the molecule is O=C(CCC1CCCC(c2ccc3c(c2)CCCC=C3)=N1)c1cccc(F)c1. The largest absolute Gasteiger partial charge is 0.294 e. The van der Waals surface area contributed by atoms with Crippen molar-refractivity contribution in [2.75, 3.05) is 0 Å². The lowest BCUT2D eigenvalue weighted by molar-refractivity contribution is 0.0976. The van der Waals surface area contributed by atoms with Gasteiger partial charge < -0.3 is 0 Å². The number of nitrogens with zero attached hydrogens (tertiary/aromatic N) is 1. The molecule has 1 heterocycles. The van der Waals surface area contributed by atoms with E-state index in [2.05, 4.69) is 30.4 Å². The number of Topliss-reactive ketones (excluding diaryl/α,β-unsaturated/α-hetero) is 1. The Labute approximate surface area is 166 Å². The van der Waals surface area contributed by atoms with Crippen LogP contribution in [0.2, 0.25) is 0 Å². The Morgan fingerprint density at radius 1 is 1.11 bits per heavy atom. The predicted molar refractivity (Wildman–Crippen MR) is 113 cm³/mol. The van der Waals surface area contributed by atoms with Gasteiger partial charge in [-0.15, -0.1) is 0 Å². The molecule has 0 amide bonds. The van der Waals surface area contributed by atoms with Crippen molar-refractivity contribution in [3.8, 4) is 0 Å². The van der Waals surface area contributed by atoms with Gasteiger partial charge in [0, 0.05) is 17.7 Å². The van der Waals surface area contributed by atoms with Crippen molar-refractivity contribution >= 4 is 17.6 Å². The lowest BCUT2D eigenvalue weighted by Crippen LogP contribution is -2.18. The Morgan fingerprint density at radius 3 is 2.93 bits per heavy atom. The van der Waals surface area contributed by atoms with Crippen LogP contribution in [-0.2, 0) is 6.42 Å². The molecule has 3 heteroatoms. The summed E-state index contributed by atoms with van der Waals surface area (Å²) in [5.41, 5.74) is 5.60. The van der Waals surface area contributed by atoms with Gasteiger partial charge in [0.25, 0.3) is 0 Å². The fourth-order valence-electron chi connectivity index (χ4n) is 4.17. The molecule has 0 aromatic heterocycles. The molecule has 0 saturated heterocycles. The molecule has 2 aromatic rings. The van der Waals surface area contributed by atoms with Crippen LogP contribution in [0.1, 0.15) is 72.0 Å². The Bertz CT molecular complexity index is 928. The van der Waals surface area contributed by atoms with Crippen molar-refractivity contribution in [2.45, 2.75) is 57.4 Å². The maximum absolute atomic E-state index is 13.3. The monoisotopic (exact) mass is 375 g/mol. The molecule has 0 radical (unpaired) electrons. The molecular weight excluding hydrogens is 349 g/mol. The van der Waals surface area contributed by atoms with Crippen molar-refractivity contribution in [1.29, 1.82) is 0 Å². The Balaban J connectivity index is 1.44. The smallest absolute Gasteiger partial charge is 0.163 e. The third-order valence-corrected chi connectivity index (χ3v) is 5.73. The number of aliphatic imine (C=N–C) groups is 1. The summed E-state index contributed by atoms with van der Waals surface area (Å²) in [5.74, 6) is -0.361. The highest BCUT2D eigenvalue weighted by Gasteiger charge is 2.19. The highest BCUT2D eigenvalue weighted by atomic mass is 19.1. The second-order valence-electron chi connectivity index (χ2n) is 7.80. The standard InChI is InChI=1S/C25H26FNO/c26-22-9-4-8-21(17-22)25(28)15-14-23-10-5-11-24(27-23)20-13-12-18-6-2-1-3-7-19(18)16-20/h2,4,6,8-9,12-13,16-17,23H,1,3,5,7,10-11,14-15H2. The lowest BCUT2D eigenvalue weighted by atomic mass is 9.92. The van der Waals surface area contributed by atoms with Crippen LogP contribution < -0.4 is 0 Å². The van der Waals surface area contributed by atoms with Gasteiger partial charge in [-0.3, -0.25) is 9.79 Å². The summed E-state index contributed by atoms with van der Waals surface area (Å²) in [7, 11) is 0. The Hall–Kier alpha value is -2.55. The summed E-state index contributed by atoms with van der Waals surface area (Å²) in [6, 6.07) is 12.9. The van der Waals surface area contributed by atoms with Gasteiger partial charge in [-0.05, 0) is 79.8 Å². The van der Waals surface area contributed by atoms with Gasteiger partial charge in [-0.25, -0.2) is 4.39 Å². The van der Waals surface area contributed by atoms with Crippen LogP contribution >= 0.6 is 0 Å². The van der Waals surface area contributed by atoms with Crippen LogP contribution in [0.4, 0.5) is 4.39 Å². The van der Waals surface area contributed by atoms with E-state index in [-0.39, 0.29) is 17.6 Å². The van der Waals surface area contributed by atoms with Gasteiger partial charge in [-0.2, -0.15) is 0 Å². The first kappa shape index (κ1) is 18.8. The highest BCUT2D eigenvalue weighted by Crippen LogP contribution is 2.25. The molecule has 0 spiro atoms. The normalized spacial score (nSPS) is 18.9. The first-order chi connectivity index (χ1) is 13.7. The number of fused-ring (bicyclic) bond motifs is 1. The molecule has 1 unspecified atom stereocenters. The van der Waals surface area contributed by atoms with Crippen molar-refractivity contribution in [2.24, 2.45) is 4.99 Å². The average Bonchev–Trinajstić information content (AvgIpc) is 2.97. The Kier molecular flexibility index (Phi) is 5.80. The quantitative estimate of drug-likeness (QED) is 0.574. The topological polar surface area (TPSA) is 29.4 Å². The number of allylic oxidation sites excluding steroid dienone is 1. The summed E-state index contributed by atoms with van der Waals surface area (Å²) in [6.45, 7) is 0. The second kappa shape index (κ2) is 8.64. The van der Waals surface area contributed by atoms with E-state index in [1.54, 1.807) is 12.1 Å². The maximum atomic E-state index is 13.3. The van der Waals surface area contributed by atoms with Crippen molar-refractivity contribution < 1.29 is 9.18 Å².